The van der Waals surface area contributed by atoms with Crippen LogP contribution >= 0.6 is 18.6 Å². The molecule has 30 heavy (non-hydrogen) atoms. The largest absolute Gasteiger partial charge is 0.681 e. The molecule has 160 valence electrons. The van der Waals surface area contributed by atoms with Gasteiger partial charge in [0, 0.05) is 0 Å². The van der Waals surface area contributed by atoms with Gasteiger partial charge in [-0.05, 0) is 17.8 Å². The van der Waals surface area contributed by atoms with E-state index in [-0.39, 0.29) is 0 Å². The molecule has 4 unspecified atom stereocenters. The van der Waals surface area contributed by atoms with Crippen LogP contribution in [0.15, 0.2) is 60.7 Å². The number of para-hydroxylation sites is 2. The molecule has 0 bridgehead atoms. The van der Waals surface area contributed by atoms with Gasteiger partial charge in [0.05, 0.1) is 0 Å². The first-order valence-corrected chi connectivity index (χ1v) is 15.6. The summed E-state index contributed by atoms with van der Waals surface area (Å²) in [5.74, 6) is 3.31. The van der Waals surface area contributed by atoms with Gasteiger partial charge in [0.15, 0.2) is 0 Å². The van der Waals surface area contributed by atoms with E-state index in [0.29, 0.717) is 18.0 Å². The summed E-state index contributed by atoms with van der Waals surface area (Å²) >= 11 is -0.556. The standard InChI is InChI=1S/C25H30N2.2ClH.Ti/c1-3-10-20(11-4-1)26-22-16-14-18-8-7-9-19-15-17-23(25(22)24(18)19)27-21-12-5-2-6-13-21;;;/h1-6,10-13,18-19,22-25H,7-9,14-17H2;2*1H;/q-2;;;+2/p-2. The first kappa shape index (κ1) is 22.5. The van der Waals surface area contributed by atoms with Gasteiger partial charge < -0.3 is 10.6 Å². The van der Waals surface area contributed by atoms with Gasteiger partial charge in [0.25, 0.3) is 0 Å². The molecular weight excluding hydrogens is 447 g/mol. The van der Waals surface area contributed by atoms with E-state index in [4.69, 9.17) is 29.2 Å². The predicted octanol–water partition coefficient (Wildman–Crippen LogP) is 8.75. The van der Waals surface area contributed by atoms with Crippen LogP contribution < -0.4 is 0 Å². The zero-order chi connectivity index (χ0) is 20.8. The van der Waals surface area contributed by atoms with E-state index < -0.39 is 17.0 Å². The van der Waals surface area contributed by atoms with Gasteiger partial charge in [0.1, 0.15) is 0 Å². The number of hydrogen-bond acceptors (Lipinski definition) is 0. The molecule has 2 nitrogen and oxygen atoms in total. The van der Waals surface area contributed by atoms with Crippen molar-refractivity contribution in [1.29, 1.82) is 0 Å². The van der Waals surface area contributed by atoms with Crippen molar-refractivity contribution in [3.05, 3.63) is 71.3 Å². The fourth-order valence-electron chi connectivity index (χ4n) is 6.35. The fourth-order valence-corrected chi connectivity index (χ4v) is 6.35. The SMILES string of the molecule is [Cl][Ti][Cl].c1ccc([N-]C2CCC3CCCC4CCC([N-]c5ccccc5)C2C34)cc1. The van der Waals surface area contributed by atoms with E-state index in [1.807, 2.05) is 0 Å². The molecule has 3 saturated carbocycles. The molecule has 5 rings (SSSR count). The molecule has 0 N–H and O–H groups in total. The average Bonchev–Trinajstić information content (AvgIpc) is 2.79. The van der Waals surface area contributed by atoms with Gasteiger partial charge in [-0.3, -0.25) is 0 Å². The molecule has 5 heteroatoms. The molecule has 3 aliphatic rings. The van der Waals surface area contributed by atoms with Crippen LogP contribution in [0.25, 0.3) is 10.6 Å². The molecule has 4 atom stereocenters. The molecule has 2 aromatic rings. The smallest absolute Gasteiger partial charge is 0.0352 e. The van der Waals surface area contributed by atoms with Gasteiger partial charge in [-0.2, -0.15) is 0 Å². The number of rotatable bonds is 4. The van der Waals surface area contributed by atoms with Crippen molar-refractivity contribution >= 4 is 30.0 Å². The molecule has 0 saturated heterocycles. The van der Waals surface area contributed by atoms with Gasteiger partial charge in [-0.15, -0.1) is 23.5 Å². The molecular formula is C25H30Cl2N2Ti-2. The second-order valence-corrected chi connectivity index (χ2v) is 11.5. The summed E-state index contributed by atoms with van der Waals surface area (Å²) in [6, 6.07) is 22.1. The molecule has 3 aliphatic carbocycles. The Bertz CT molecular complexity index is 699. The van der Waals surface area contributed by atoms with E-state index in [9.17, 15) is 0 Å². The van der Waals surface area contributed by atoms with Crippen molar-refractivity contribution in [3.63, 3.8) is 0 Å². The van der Waals surface area contributed by atoms with Crippen molar-refractivity contribution in [2.45, 2.75) is 57.0 Å². The van der Waals surface area contributed by atoms with Crippen molar-refractivity contribution in [3.8, 4) is 0 Å². The Labute approximate surface area is 198 Å². The third-order valence-corrected chi connectivity index (χ3v) is 7.38. The number of hydrogen-bond donors (Lipinski definition) is 0. The maximum atomic E-state index is 5.26. The minimum atomic E-state index is -0.556. The summed E-state index contributed by atoms with van der Waals surface area (Å²) in [5, 5.41) is 10.5. The number of nitrogens with zero attached hydrogens (tertiary/aromatic N) is 2. The van der Waals surface area contributed by atoms with Crippen molar-refractivity contribution in [2.75, 3.05) is 0 Å². The third kappa shape index (κ3) is 5.38. The van der Waals surface area contributed by atoms with E-state index in [0.717, 1.165) is 29.1 Å². The summed E-state index contributed by atoms with van der Waals surface area (Å²) in [5.41, 5.74) is 2.30. The van der Waals surface area contributed by atoms with Gasteiger partial charge in [0.2, 0.25) is 0 Å². The van der Waals surface area contributed by atoms with Crippen LogP contribution in [0.2, 0.25) is 0 Å². The predicted molar refractivity (Wildman–Crippen MR) is 124 cm³/mol. The number of halogens is 2. The van der Waals surface area contributed by atoms with E-state index in [1.54, 1.807) is 0 Å². The Morgan fingerprint density at radius 1 is 0.600 bits per heavy atom. The second kappa shape index (κ2) is 11.3. The summed E-state index contributed by atoms with van der Waals surface area (Å²) in [6.45, 7) is 0. The Kier molecular flexibility index (Phi) is 8.46. The van der Waals surface area contributed by atoms with Crippen LogP contribution in [-0.4, -0.2) is 12.1 Å². The van der Waals surface area contributed by atoms with Crippen molar-refractivity contribution < 1.29 is 17.0 Å². The summed E-state index contributed by atoms with van der Waals surface area (Å²) in [4.78, 5) is 0. The second-order valence-electron chi connectivity index (χ2n) is 8.90. The minimum absolute atomic E-state index is 0.437. The summed E-state index contributed by atoms with van der Waals surface area (Å²) < 4.78 is 0. The first-order chi connectivity index (χ1) is 14.8. The maximum absolute atomic E-state index is 5.26. The van der Waals surface area contributed by atoms with Gasteiger partial charge in [-0.25, -0.2) is 0 Å². The molecule has 3 fully saturated rings. The Morgan fingerprint density at radius 2 is 1.03 bits per heavy atom. The summed E-state index contributed by atoms with van der Waals surface area (Å²) in [7, 11) is 9.78. The normalized spacial score (nSPS) is 32.1. The molecule has 2 aromatic carbocycles. The van der Waals surface area contributed by atoms with E-state index in [2.05, 4.69) is 60.7 Å². The number of benzene rings is 2. The van der Waals surface area contributed by atoms with E-state index >= 15 is 0 Å². The first-order valence-electron chi connectivity index (χ1n) is 11.3. The van der Waals surface area contributed by atoms with E-state index in [1.165, 1.54) is 44.9 Å². The molecule has 0 spiro atoms. The van der Waals surface area contributed by atoms with Crippen LogP contribution in [0.1, 0.15) is 44.9 Å². The Hall–Kier alpha value is -0.666. The Balaban J connectivity index is 0.000000687. The van der Waals surface area contributed by atoms with Gasteiger partial charge >= 0.3 is 35.6 Å². The third-order valence-electron chi connectivity index (χ3n) is 7.38. The maximum Gasteiger partial charge on any atom is -0.0352 e. The van der Waals surface area contributed by atoms with Crippen LogP contribution in [0.5, 0.6) is 0 Å². The monoisotopic (exact) mass is 476 g/mol. The quantitative estimate of drug-likeness (QED) is 0.394. The fraction of sp³-hybridized carbons (Fsp3) is 0.520. The van der Waals surface area contributed by atoms with Crippen LogP contribution in [0.4, 0.5) is 11.4 Å². The average molecular weight is 477 g/mol. The molecule has 0 aliphatic heterocycles. The van der Waals surface area contributed by atoms with Gasteiger partial charge in [-0.1, -0.05) is 112 Å². The minimum Gasteiger partial charge on any atom is -0.681 e. The van der Waals surface area contributed by atoms with Crippen molar-refractivity contribution in [2.24, 2.45) is 23.7 Å². The summed E-state index contributed by atoms with van der Waals surface area (Å²) in [6.07, 6.45) is 9.55. The van der Waals surface area contributed by atoms with Crippen LogP contribution in [0.3, 0.4) is 0 Å². The van der Waals surface area contributed by atoms with Crippen LogP contribution in [-0.2, 0) is 17.0 Å². The van der Waals surface area contributed by atoms with Crippen molar-refractivity contribution in [1.82, 2.24) is 0 Å². The van der Waals surface area contributed by atoms with Crippen LogP contribution in [0, 0.1) is 23.7 Å². The molecule has 0 aromatic heterocycles. The Morgan fingerprint density at radius 3 is 1.47 bits per heavy atom. The topological polar surface area (TPSA) is 28.2 Å². The zero-order valence-electron chi connectivity index (χ0n) is 17.3. The molecule has 0 radical (unpaired) electrons. The molecule has 0 amide bonds. The molecule has 0 heterocycles. The zero-order valence-corrected chi connectivity index (χ0v) is 20.4.